The molecule has 0 aliphatic heterocycles. The molecular weight excluding hydrogens is 268 g/mol. The first-order valence-electron chi connectivity index (χ1n) is 6.31. The second-order valence-corrected chi connectivity index (χ2v) is 5.31. The fourth-order valence-corrected chi connectivity index (χ4v) is 2.83. The molecule has 0 fully saturated rings. The van der Waals surface area contributed by atoms with Crippen molar-refractivity contribution >= 4 is 11.3 Å². The molecule has 1 aromatic heterocycles. The fraction of sp³-hybridized carbons (Fsp3) is 0.0625. The summed E-state index contributed by atoms with van der Waals surface area (Å²) in [5.74, 6) is 0.253. The van der Waals surface area contributed by atoms with E-state index < -0.39 is 0 Å². The molecule has 3 rings (SSSR count). The van der Waals surface area contributed by atoms with Gasteiger partial charge in [-0.05, 0) is 17.7 Å². The molecule has 1 heterocycles. The zero-order valence-electron chi connectivity index (χ0n) is 10.8. The highest BCUT2D eigenvalue weighted by Crippen LogP contribution is 2.33. The van der Waals surface area contributed by atoms with E-state index in [1.165, 1.54) is 0 Å². The monoisotopic (exact) mass is 282 g/mol. The number of benzene rings is 2. The van der Waals surface area contributed by atoms with Crippen LogP contribution >= 0.6 is 11.3 Å². The number of nitrogens with zero attached hydrogens (tertiary/aromatic N) is 1. The molecule has 0 aliphatic carbocycles. The van der Waals surface area contributed by atoms with Gasteiger partial charge < -0.3 is 10.8 Å². The van der Waals surface area contributed by atoms with Crippen LogP contribution in [-0.4, -0.2) is 10.1 Å². The highest BCUT2D eigenvalue weighted by Gasteiger charge is 2.09. The maximum atomic E-state index is 9.86. The van der Waals surface area contributed by atoms with Gasteiger partial charge in [0.15, 0.2) is 0 Å². The van der Waals surface area contributed by atoms with Crippen LogP contribution in [-0.2, 0) is 6.54 Å². The summed E-state index contributed by atoms with van der Waals surface area (Å²) in [5, 5.41) is 12.8. The number of phenols is 1. The Kier molecular flexibility index (Phi) is 3.50. The third-order valence-electron chi connectivity index (χ3n) is 3.12. The molecule has 0 atom stereocenters. The van der Waals surface area contributed by atoms with Crippen LogP contribution in [0.3, 0.4) is 0 Å². The lowest BCUT2D eigenvalue weighted by atomic mass is 10.1. The van der Waals surface area contributed by atoms with Gasteiger partial charge >= 0.3 is 0 Å². The van der Waals surface area contributed by atoms with Crippen LogP contribution in [0, 0.1) is 0 Å². The molecule has 20 heavy (non-hydrogen) atoms. The summed E-state index contributed by atoms with van der Waals surface area (Å²) in [6.45, 7) is 0.543. The van der Waals surface area contributed by atoms with Crippen molar-refractivity contribution in [1.29, 1.82) is 0 Å². The van der Waals surface area contributed by atoms with Gasteiger partial charge in [-0.1, -0.05) is 36.4 Å². The Morgan fingerprint density at radius 1 is 1.05 bits per heavy atom. The van der Waals surface area contributed by atoms with Gasteiger partial charge in [-0.3, -0.25) is 0 Å². The molecule has 4 heteroatoms. The summed E-state index contributed by atoms with van der Waals surface area (Å²) in [5.41, 5.74) is 9.32. The molecule has 0 unspecified atom stereocenters. The van der Waals surface area contributed by atoms with Crippen LogP contribution in [0.5, 0.6) is 5.75 Å². The van der Waals surface area contributed by atoms with Gasteiger partial charge in [0.05, 0.1) is 5.69 Å². The Morgan fingerprint density at radius 3 is 2.50 bits per heavy atom. The maximum Gasteiger partial charge on any atom is 0.125 e. The lowest BCUT2D eigenvalue weighted by Gasteiger charge is -2.00. The van der Waals surface area contributed by atoms with Crippen LogP contribution < -0.4 is 5.73 Å². The van der Waals surface area contributed by atoms with E-state index >= 15 is 0 Å². The van der Waals surface area contributed by atoms with Crippen molar-refractivity contribution < 1.29 is 5.11 Å². The second-order valence-electron chi connectivity index (χ2n) is 4.46. The van der Waals surface area contributed by atoms with Crippen LogP contribution in [0.2, 0.25) is 0 Å². The molecule has 3 nitrogen and oxygen atoms in total. The molecule has 0 saturated heterocycles. The SMILES string of the molecule is NCc1ccc(-c2nc(-c3ccccc3O)cs2)cc1. The molecule has 0 spiro atoms. The van der Waals surface area contributed by atoms with E-state index in [1.807, 2.05) is 41.8 Å². The van der Waals surface area contributed by atoms with Crippen molar-refractivity contribution in [2.75, 3.05) is 0 Å². The predicted molar refractivity (Wildman–Crippen MR) is 82.5 cm³/mol. The summed E-state index contributed by atoms with van der Waals surface area (Å²) in [4.78, 5) is 4.59. The summed E-state index contributed by atoms with van der Waals surface area (Å²) in [6, 6.07) is 15.3. The zero-order valence-corrected chi connectivity index (χ0v) is 11.6. The first-order valence-corrected chi connectivity index (χ1v) is 7.19. The number of hydrogen-bond donors (Lipinski definition) is 2. The minimum absolute atomic E-state index is 0.253. The van der Waals surface area contributed by atoms with E-state index in [9.17, 15) is 5.11 Å². The van der Waals surface area contributed by atoms with Gasteiger partial charge in [0.1, 0.15) is 10.8 Å². The molecule has 100 valence electrons. The minimum atomic E-state index is 0.253. The molecule has 0 amide bonds. The third kappa shape index (κ3) is 2.43. The summed E-state index contributed by atoms with van der Waals surface area (Å²) < 4.78 is 0. The second kappa shape index (κ2) is 5.45. The van der Waals surface area contributed by atoms with E-state index in [4.69, 9.17) is 5.73 Å². The van der Waals surface area contributed by atoms with Crippen LogP contribution in [0.25, 0.3) is 21.8 Å². The Bertz CT molecular complexity index is 719. The number of rotatable bonds is 3. The minimum Gasteiger partial charge on any atom is -0.507 e. The Morgan fingerprint density at radius 2 is 1.80 bits per heavy atom. The third-order valence-corrected chi connectivity index (χ3v) is 4.01. The molecule has 0 radical (unpaired) electrons. The van der Waals surface area contributed by atoms with Crippen molar-refractivity contribution in [2.45, 2.75) is 6.54 Å². The van der Waals surface area contributed by atoms with E-state index in [1.54, 1.807) is 23.5 Å². The summed E-state index contributed by atoms with van der Waals surface area (Å²) >= 11 is 1.57. The van der Waals surface area contributed by atoms with Crippen molar-refractivity contribution in [3.05, 3.63) is 59.5 Å². The number of para-hydroxylation sites is 1. The number of nitrogens with two attached hydrogens (primary N) is 1. The Balaban J connectivity index is 1.95. The normalized spacial score (nSPS) is 10.7. The van der Waals surface area contributed by atoms with E-state index in [0.717, 1.165) is 27.4 Å². The summed E-state index contributed by atoms with van der Waals surface area (Å²) in [6.07, 6.45) is 0. The van der Waals surface area contributed by atoms with E-state index in [0.29, 0.717) is 6.54 Å². The Hall–Kier alpha value is -2.17. The Labute approximate surface area is 121 Å². The van der Waals surface area contributed by atoms with Gasteiger partial charge in [-0.25, -0.2) is 4.98 Å². The molecule has 0 saturated carbocycles. The first kappa shape index (κ1) is 12.8. The standard InChI is InChI=1S/C16H14N2OS/c17-9-11-5-7-12(8-6-11)16-18-14(10-20-16)13-3-1-2-4-15(13)19/h1-8,10,19H,9,17H2. The average Bonchev–Trinajstić information content (AvgIpc) is 2.97. The van der Waals surface area contributed by atoms with Crippen molar-refractivity contribution in [1.82, 2.24) is 4.98 Å². The summed E-state index contributed by atoms with van der Waals surface area (Å²) in [7, 11) is 0. The van der Waals surface area contributed by atoms with Crippen molar-refractivity contribution in [2.24, 2.45) is 5.73 Å². The topological polar surface area (TPSA) is 59.1 Å². The van der Waals surface area contributed by atoms with Gasteiger partial charge in [0.2, 0.25) is 0 Å². The van der Waals surface area contributed by atoms with Gasteiger partial charge in [-0.15, -0.1) is 11.3 Å². The van der Waals surface area contributed by atoms with E-state index in [-0.39, 0.29) is 5.75 Å². The highest BCUT2D eigenvalue weighted by molar-refractivity contribution is 7.13. The molecular formula is C16H14N2OS. The number of aromatic nitrogens is 1. The van der Waals surface area contributed by atoms with Gasteiger partial charge in [0.25, 0.3) is 0 Å². The van der Waals surface area contributed by atoms with Gasteiger partial charge in [-0.2, -0.15) is 0 Å². The fourth-order valence-electron chi connectivity index (χ4n) is 2.00. The number of hydrogen-bond acceptors (Lipinski definition) is 4. The average molecular weight is 282 g/mol. The van der Waals surface area contributed by atoms with Crippen LogP contribution in [0.1, 0.15) is 5.56 Å². The first-order chi connectivity index (χ1) is 9.78. The number of aromatic hydroxyl groups is 1. The van der Waals surface area contributed by atoms with Crippen molar-refractivity contribution in [3.8, 4) is 27.6 Å². The molecule has 3 N–H and O–H groups in total. The molecule has 2 aromatic carbocycles. The number of phenolic OH excluding ortho intramolecular Hbond substituents is 1. The predicted octanol–water partition coefficient (Wildman–Crippen LogP) is 3.64. The van der Waals surface area contributed by atoms with E-state index in [2.05, 4.69) is 4.98 Å². The highest BCUT2D eigenvalue weighted by atomic mass is 32.1. The number of thiazole rings is 1. The van der Waals surface area contributed by atoms with Crippen LogP contribution in [0.4, 0.5) is 0 Å². The lowest BCUT2D eigenvalue weighted by molar-refractivity contribution is 0.477. The lowest BCUT2D eigenvalue weighted by Crippen LogP contribution is -1.95. The molecule has 3 aromatic rings. The largest absolute Gasteiger partial charge is 0.507 e. The maximum absolute atomic E-state index is 9.86. The van der Waals surface area contributed by atoms with Crippen LogP contribution in [0.15, 0.2) is 53.9 Å². The quantitative estimate of drug-likeness (QED) is 0.771. The van der Waals surface area contributed by atoms with Gasteiger partial charge in [0, 0.05) is 23.1 Å². The van der Waals surface area contributed by atoms with Crippen molar-refractivity contribution in [3.63, 3.8) is 0 Å². The molecule has 0 bridgehead atoms. The smallest absolute Gasteiger partial charge is 0.125 e. The molecule has 0 aliphatic rings. The zero-order chi connectivity index (χ0) is 13.9.